The van der Waals surface area contributed by atoms with Crippen LogP contribution < -0.4 is 0 Å². The SMILES string of the molecule is C[N+](C)(C)CCc1ccc(O)c2c1ccc1ccccc12. The zero-order valence-corrected chi connectivity index (χ0v) is 12.9. The van der Waals surface area contributed by atoms with Crippen molar-refractivity contribution < 1.29 is 9.59 Å². The molecule has 0 saturated heterocycles. The smallest absolute Gasteiger partial charge is 0.124 e. The molecule has 0 bridgehead atoms. The minimum absolute atomic E-state index is 0.371. The average molecular weight is 280 g/mol. The normalized spacial score (nSPS) is 12.1. The number of hydrogen-bond acceptors (Lipinski definition) is 1. The first-order valence-corrected chi connectivity index (χ1v) is 7.38. The molecular weight excluding hydrogens is 258 g/mol. The third-order valence-corrected chi connectivity index (χ3v) is 4.03. The maximum atomic E-state index is 10.3. The van der Waals surface area contributed by atoms with E-state index < -0.39 is 0 Å². The van der Waals surface area contributed by atoms with E-state index in [1.807, 2.05) is 18.2 Å². The lowest BCUT2D eigenvalue weighted by Crippen LogP contribution is -2.36. The molecule has 0 fully saturated rings. The van der Waals surface area contributed by atoms with Gasteiger partial charge in [0.1, 0.15) is 5.75 Å². The first-order valence-electron chi connectivity index (χ1n) is 7.38. The van der Waals surface area contributed by atoms with Crippen molar-refractivity contribution in [3.63, 3.8) is 0 Å². The van der Waals surface area contributed by atoms with E-state index >= 15 is 0 Å². The largest absolute Gasteiger partial charge is 0.507 e. The Labute approximate surface area is 125 Å². The number of hydrogen-bond donors (Lipinski definition) is 1. The highest BCUT2D eigenvalue weighted by molar-refractivity contribution is 6.11. The van der Waals surface area contributed by atoms with Crippen molar-refractivity contribution in [1.29, 1.82) is 0 Å². The standard InChI is InChI=1S/C19H21NO/c1-20(2,3)13-12-15-9-11-18(21)19-16-7-5-4-6-14(16)8-10-17(15)19/h4-11H,12-13H2,1-3H3/p+1. The first-order chi connectivity index (χ1) is 9.96. The molecule has 3 rings (SSSR count). The van der Waals surface area contributed by atoms with Crippen LogP contribution in [0.4, 0.5) is 0 Å². The predicted octanol–water partition coefficient (Wildman–Crippen LogP) is 3.95. The molecule has 0 atom stereocenters. The first kappa shape index (κ1) is 13.9. The fraction of sp³-hybridized carbons (Fsp3) is 0.263. The number of rotatable bonds is 3. The lowest BCUT2D eigenvalue weighted by atomic mass is 9.96. The van der Waals surface area contributed by atoms with E-state index in [9.17, 15) is 5.11 Å². The topological polar surface area (TPSA) is 20.2 Å². The molecular formula is C19H22NO+. The molecule has 0 saturated carbocycles. The molecule has 108 valence electrons. The zero-order chi connectivity index (χ0) is 15.0. The average Bonchev–Trinajstić information content (AvgIpc) is 2.45. The highest BCUT2D eigenvalue weighted by atomic mass is 16.3. The zero-order valence-electron chi connectivity index (χ0n) is 12.9. The van der Waals surface area contributed by atoms with Crippen molar-refractivity contribution >= 4 is 21.5 Å². The van der Waals surface area contributed by atoms with Crippen molar-refractivity contribution in [2.24, 2.45) is 0 Å². The van der Waals surface area contributed by atoms with Gasteiger partial charge in [0.05, 0.1) is 27.7 Å². The summed E-state index contributed by atoms with van der Waals surface area (Å²) in [7, 11) is 6.62. The molecule has 0 aliphatic rings. The van der Waals surface area contributed by atoms with Crippen LogP contribution in [0.25, 0.3) is 21.5 Å². The van der Waals surface area contributed by atoms with Crippen molar-refractivity contribution in [3.05, 3.63) is 54.1 Å². The second-order valence-electron chi connectivity index (χ2n) is 6.72. The summed E-state index contributed by atoms with van der Waals surface area (Å²) in [5, 5.41) is 14.8. The molecule has 0 aromatic heterocycles. The Bertz CT molecular complexity index is 800. The summed E-state index contributed by atoms with van der Waals surface area (Å²) in [5.74, 6) is 0.371. The molecule has 0 radical (unpaired) electrons. The molecule has 3 aromatic carbocycles. The van der Waals surface area contributed by atoms with Gasteiger partial charge in [-0.1, -0.05) is 42.5 Å². The van der Waals surface area contributed by atoms with Gasteiger partial charge in [0.25, 0.3) is 0 Å². The minimum Gasteiger partial charge on any atom is -0.507 e. The van der Waals surface area contributed by atoms with Crippen LogP contribution in [0.3, 0.4) is 0 Å². The van der Waals surface area contributed by atoms with E-state index in [0.717, 1.165) is 28.2 Å². The van der Waals surface area contributed by atoms with Gasteiger partial charge >= 0.3 is 0 Å². The Hall–Kier alpha value is -2.06. The van der Waals surface area contributed by atoms with Crippen LogP contribution in [-0.4, -0.2) is 37.3 Å². The Kier molecular flexibility index (Phi) is 3.34. The van der Waals surface area contributed by atoms with Crippen molar-refractivity contribution in [3.8, 4) is 5.75 Å². The van der Waals surface area contributed by atoms with Crippen molar-refractivity contribution in [2.45, 2.75) is 6.42 Å². The van der Waals surface area contributed by atoms with Gasteiger partial charge in [-0.25, -0.2) is 0 Å². The Morgan fingerprint density at radius 3 is 2.38 bits per heavy atom. The number of aromatic hydroxyl groups is 1. The summed E-state index contributed by atoms with van der Waals surface area (Å²) in [6.07, 6.45) is 1.01. The monoisotopic (exact) mass is 280 g/mol. The maximum absolute atomic E-state index is 10.3. The molecule has 21 heavy (non-hydrogen) atoms. The van der Waals surface area contributed by atoms with Gasteiger partial charge in [-0.05, 0) is 27.8 Å². The lowest BCUT2D eigenvalue weighted by Gasteiger charge is -2.24. The number of quaternary nitrogens is 1. The van der Waals surface area contributed by atoms with Gasteiger partial charge in [0.15, 0.2) is 0 Å². The van der Waals surface area contributed by atoms with Crippen LogP contribution >= 0.6 is 0 Å². The molecule has 0 heterocycles. The van der Waals surface area contributed by atoms with Crippen LogP contribution in [0, 0.1) is 0 Å². The maximum Gasteiger partial charge on any atom is 0.124 e. The molecule has 1 N–H and O–H groups in total. The van der Waals surface area contributed by atoms with Gasteiger partial charge in [-0.2, -0.15) is 0 Å². The van der Waals surface area contributed by atoms with Crippen LogP contribution in [-0.2, 0) is 6.42 Å². The van der Waals surface area contributed by atoms with Gasteiger partial charge in [0.2, 0.25) is 0 Å². The van der Waals surface area contributed by atoms with Gasteiger partial charge < -0.3 is 9.59 Å². The van der Waals surface area contributed by atoms with Crippen LogP contribution in [0.5, 0.6) is 5.75 Å². The van der Waals surface area contributed by atoms with E-state index in [4.69, 9.17) is 0 Å². The highest BCUT2D eigenvalue weighted by Gasteiger charge is 2.12. The van der Waals surface area contributed by atoms with E-state index in [0.29, 0.717) is 5.75 Å². The fourth-order valence-electron chi connectivity index (χ4n) is 2.84. The van der Waals surface area contributed by atoms with E-state index in [1.54, 1.807) is 0 Å². The van der Waals surface area contributed by atoms with Crippen LogP contribution in [0.2, 0.25) is 0 Å². The molecule has 2 nitrogen and oxygen atoms in total. The molecule has 0 amide bonds. The lowest BCUT2D eigenvalue weighted by molar-refractivity contribution is -0.870. The van der Waals surface area contributed by atoms with E-state index in [2.05, 4.69) is 51.5 Å². The summed E-state index contributed by atoms with van der Waals surface area (Å²) in [6.45, 7) is 1.08. The minimum atomic E-state index is 0.371. The Balaban J connectivity index is 2.20. The van der Waals surface area contributed by atoms with Crippen LogP contribution in [0.1, 0.15) is 5.56 Å². The quantitative estimate of drug-likeness (QED) is 0.569. The van der Waals surface area contributed by atoms with E-state index in [-0.39, 0.29) is 0 Å². The van der Waals surface area contributed by atoms with Crippen molar-refractivity contribution in [1.82, 2.24) is 0 Å². The van der Waals surface area contributed by atoms with E-state index in [1.165, 1.54) is 16.3 Å². The summed E-state index contributed by atoms with van der Waals surface area (Å²) in [6, 6.07) is 16.4. The van der Waals surface area contributed by atoms with Crippen molar-refractivity contribution in [2.75, 3.05) is 27.7 Å². The Morgan fingerprint density at radius 1 is 0.857 bits per heavy atom. The second-order valence-corrected chi connectivity index (χ2v) is 6.72. The number of nitrogens with zero attached hydrogens (tertiary/aromatic N) is 1. The molecule has 0 aliphatic carbocycles. The number of fused-ring (bicyclic) bond motifs is 3. The second kappa shape index (κ2) is 5.05. The fourth-order valence-corrected chi connectivity index (χ4v) is 2.84. The summed E-state index contributed by atoms with van der Waals surface area (Å²) in [4.78, 5) is 0. The molecule has 0 spiro atoms. The summed E-state index contributed by atoms with van der Waals surface area (Å²) >= 11 is 0. The highest BCUT2D eigenvalue weighted by Crippen LogP contribution is 2.34. The number of phenolic OH excluding ortho intramolecular Hbond substituents is 1. The third-order valence-electron chi connectivity index (χ3n) is 4.03. The Morgan fingerprint density at radius 2 is 1.62 bits per heavy atom. The summed E-state index contributed by atoms with van der Waals surface area (Å²) in [5.41, 5.74) is 1.31. The summed E-state index contributed by atoms with van der Waals surface area (Å²) < 4.78 is 0.940. The predicted molar refractivity (Wildman–Crippen MR) is 89.7 cm³/mol. The van der Waals surface area contributed by atoms with Crippen LogP contribution in [0.15, 0.2) is 48.5 Å². The molecule has 3 aromatic rings. The molecule has 2 heteroatoms. The van der Waals surface area contributed by atoms with Gasteiger partial charge in [-0.15, -0.1) is 0 Å². The number of phenols is 1. The van der Waals surface area contributed by atoms with Gasteiger partial charge in [-0.3, -0.25) is 0 Å². The number of benzene rings is 3. The molecule has 0 aliphatic heterocycles. The van der Waals surface area contributed by atoms with Gasteiger partial charge in [0, 0.05) is 11.8 Å². The number of likely N-dealkylation sites (N-methyl/N-ethyl adjacent to an activating group) is 1. The third kappa shape index (κ3) is 2.72. The molecule has 0 unspecified atom stereocenters.